The van der Waals surface area contributed by atoms with Gasteiger partial charge >= 0.3 is 0 Å². The van der Waals surface area contributed by atoms with E-state index in [2.05, 4.69) is 5.32 Å². The van der Waals surface area contributed by atoms with Crippen molar-refractivity contribution in [2.45, 2.75) is 62.6 Å². The average Bonchev–Trinajstić information content (AvgIpc) is 3.45. The molecule has 0 radical (unpaired) electrons. The molecule has 218 valence electrons. The first-order valence-electron chi connectivity index (χ1n) is 13.5. The fourth-order valence-electron chi connectivity index (χ4n) is 4.97. The molecule has 3 aromatic carbocycles. The van der Waals surface area contributed by atoms with Crippen LogP contribution in [-0.4, -0.2) is 43.8 Å². The molecular weight excluding hydrogens is 605 g/mol. The lowest BCUT2D eigenvalue weighted by Crippen LogP contribution is -2.53. The second-order valence-electron chi connectivity index (χ2n) is 10.0. The zero-order chi connectivity index (χ0) is 29.6. The van der Waals surface area contributed by atoms with Crippen molar-refractivity contribution in [2.24, 2.45) is 0 Å². The van der Waals surface area contributed by atoms with E-state index in [9.17, 15) is 18.0 Å². The largest absolute Gasteiger partial charge is 0.352 e. The van der Waals surface area contributed by atoms with E-state index in [-0.39, 0.29) is 29.1 Å². The summed E-state index contributed by atoms with van der Waals surface area (Å²) in [6.07, 6.45) is 4.24. The fraction of sp³-hybridized carbons (Fsp3) is 0.333. The van der Waals surface area contributed by atoms with Crippen LogP contribution in [-0.2, 0) is 26.2 Å². The van der Waals surface area contributed by atoms with Gasteiger partial charge in [0.05, 0.1) is 10.6 Å². The molecule has 4 rings (SSSR count). The number of hydrogen-bond acceptors (Lipinski definition) is 4. The van der Waals surface area contributed by atoms with Gasteiger partial charge in [-0.05, 0) is 79.4 Å². The molecule has 1 N–H and O–H groups in total. The van der Waals surface area contributed by atoms with Gasteiger partial charge in [-0.3, -0.25) is 13.9 Å². The van der Waals surface area contributed by atoms with Crippen LogP contribution in [0.5, 0.6) is 0 Å². The molecule has 0 saturated heterocycles. The smallest absolute Gasteiger partial charge is 0.264 e. The fourth-order valence-corrected chi connectivity index (χ4v) is 6.81. The summed E-state index contributed by atoms with van der Waals surface area (Å²) in [5.41, 5.74) is 0.973. The Morgan fingerprint density at radius 1 is 0.902 bits per heavy atom. The van der Waals surface area contributed by atoms with Crippen LogP contribution in [0.25, 0.3) is 0 Å². The van der Waals surface area contributed by atoms with Crippen LogP contribution >= 0.6 is 34.8 Å². The van der Waals surface area contributed by atoms with Gasteiger partial charge in [-0.25, -0.2) is 8.42 Å². The molecule has 0 spiro atoms. The Hall–Kier alpha value is -2.78. The van der Waals surface area contributed by atoms with Crippen molar-refractivity contribution in [1.82, 2.24) is 10.2 Å². The minimum absolute atomic E-state index is 0.0371. The number of sulfonamides is 1. The number of anilines is 1. The molecule has 0 bridgehead atoms. The molecule has 1 fully saturated rings. The van der Waals surface area contributed by atoms with E-state index < -0.39 is 28.5 Å². The lowest BCUT2D eigenvalue weighted by molar-refractivity contribution is -0.140. The van der Waals surface area contributed by atoms with Gasteiger partial charge in [-0.1, -0.05) is 72.8 Å². The highest BCUT2D eigenvalue weighted by molar-refractivity contribution is 7.92. The van der Waals surface area contributed by atoms with Crippen LogP contribution in [0, 0.1) is 0 Å². The molecule has 1 atom stereocenters. The third kappa shape index (κ3) is 7.95. The van der Waals surface area contributed by atoms with E-state index >= 15 is 0 Å². The molecule has 1 aliphatic rings. The Kier molecular flexibility index (Phi) is 10.6. The molecule has 1 unspecified atom stereocenters. The van der Waals surface area contributed by atoms with Crippen molar-refractivity contribution < 1.29 is 18.0 Å². The van der Waals surface area contributed by atoms with Crippen molar-refractivity contribution in [3.63, 3.8) is 0 Å². The summed E-state index contributed by atoms with van der Waals surface area (Å²) in [4.78, 5) is 29.0. The normalized spacial score (nSPS) is 14.4. The van der Waals surface area contributed by atoms with Crippen LogP contribution in [0.1, 0.15) is 44.6 Å². The Bertz CT molecular complexity index is 1460. The third-order valence-corrected chi connectivity index (χ3v) is 9.66. The van der Waals surface area contributed by atoms with Crippen LogP contribution in [0.15, 0.2) is 77.7 Å². The molecule has 0 heterocycles. The van der Waals surface area contributed by atoms with Crippen LogP contribution in [0.2, 0.25) is 15.1 Å². The first-order valence-corrected chi connectivity index (χ1v) is 16.0. The highest BCUT2D eigenvalue weighted by Gasteiger charge is 2.34. The number of carbonyl (C=O) groups is 2. The van der Waals surface area contributed by atoms with E-state index in [4.69, 9.17) is 34.8 Å². The number of amides is 2. The summed E-state index contributed by atoms with van der Waals surface area (Å²) in [6.45, 7) is 1.38. The Morgan fingerprint density at radius 3 is 2.10 bits per heavy atom. The van der Waals surface area contributed by atoms with E-state index in [1.165, 1.54) is 35.2 Å². The molecule has 0 aliphatic heterocycles. The molecule has 0 aromatic heterocycles. The van der Waals surface area contributed by atoms with Crippen LogP contribution in [0.4, 0.5) is 5.69 Å². The van der Waals surface area contributed by atoms with Gasteiger partial charge in [0, 0.05) is 27.7 Å². The summed E-state index contributed by atoms with van der Waals surface area (Å²) >= 11 is 18.3. The van der Waals surface area contributed by atoms with E-state index in [0.29, 0.717) is 21.5 Å². The van der Waals surface area contributed by atoms with E-state index in [1.807, 2.05) is 6.92 Å². The molecule has 1 aliphatic carbocycles. The number of nitrogens with one attached hydrogen (secondary N) is 1. The monoisotopic (exact) mass is 635 g/mol. The number of nitrogens with zero attached hydrogens (tertiary/aromatic N) is 2. The summed E-state index contributed by atoms with van der Waals surface area (Å²) in [5.74, 6) is -0.789. The molecule has 1 saturated carbocycles. The van der Waals surface area contributed by atoms with Crippen molar-refractivity contribution >= 4 is 62.3 Å². The molecule has 41 heavy (non-hydrogen) atoms. The van der Waals surface area contributed by atoms with Crippen molar-refractivity contribution in [2.75, 3.05) is 10.8 Å². The molecular formula is C30H32Cl3N3O4S. The van der Waals surface area contributed by atoms with Crippen molar-refractivity contribution in [3.05, 3.63) is 93.4 Å². The number of hydrogen-bond donors (Lipinski definition) is 1. The number of rotatable bonds is 11. The van der Waals surface area contributed by atoms with Crippen molar-refractivity contribution in [1.29, 1.82) is 0 Å². The topological polar surface area (TPSA) is 86.8 Å². The maximum absolute atomic E-state index is 14.1. The lowest BCUT2D eigenvalue weighted by atomic mass is 10.1. The summed E-state index contributed by atoms with van der Waals surface area (Å²) in [7, 11) is -4.22. The lowest BCUT2D eigenvalue weighted by Gasteiger charge is -2.33. The van der Waals surface area contributed by atoms with Gasteiger partial charge in [0.15, 0.2) is 0 Å². The second-order valence-corrected chi connectivity index (χ2v) is 13.2. The van der Waals surface area contributed by atoms with Gasteiger partial charge in [0.1, 0.15) is 12.6 Å². The van der Waals surface area contributed by atoms with Gasteiger partial charge in [0.2, 0.25) is 11.8 Å². The Labute approximate surface area is 256 Å². The quantitative estimate of drug-likeness (QED) is 0.254. The first-order chi connectivity index (χ1) is 19.6. The standard InChI is InChI=1S/C30H32Cl3N3O4S/c1-2-28(30(38)34-25-7-3-4-8-25)35(19-21-10-12-22(31)13-11-21)29(37)20-36(26-9-5-6-24(33)18-26)41(39,40)27-16-14-23(32)15-17-27/h5-6,9-18,25,28H,2-4,7-8,19-20H2,1H3,(H,34,38). The highest BCUT2D eigenvalue weighted by atomic mass is 35.5. The van der Waals surface area contributed by atoms with Crippen LogP contribution < -0.4 is 9.62 Å². The van der Waals surface area contributed by atoms with Gasteiger partial charge < -0.3 is 10.2 Å². The maximum atomic E-state index is 14.1. The highest BCUT2D eigenvalue weighted by Crippen LogP contribution is 2.28. The first kappa shape index (κ1) is 31.2. The molecule has 2 amide bonds. The van der Waals surface area contributed by atoms with E-state index in [1.54, 1.807) is 42.5 Å². The predicted molar refractivity (Wildman–Crippen MR) is 164 cm³/mol. The summed E-state index contributed by atoms with van der Waals surface area (Å²) < 4.78 is 28.8. The summed E-state index contributed by atoms with van der Waals surface area (Å²) in [6, 6.07) is 18.2. The molecule has 3 aromatic rings. The molecule has 11 heteroatoms. The zero-order valence-corrected chi connectivity index (χ0v) is 25.7. The minimum Gasteiger partial charge on any atom is -0.352 e. The van der Waals surface area contributed by atoms with Gasteiger partial charge in [-0.15, -0.1) is 0 Å². The third-order valence-electron chi connectivity index (χ3n) is 7.13. The molecule has 7 nitrogen and oxygen atoms in total. The second kappa shape index (κ2) is 13.9. The number of halogens is 3. The SMILES string of the molecule is CCC(C(=O)NC1CCCC1)N(Cc1ccc(Cl)cc1)C(=O)CN(c1cccc(Cl)c1)S(=O)(=O)c1ccc(Cl)cc1. The van der Waals surface area contributed by atoms with Gasteiger partial charge in [0.25, 0.3) is 10.0 Å². The maximum Gasteiger partial charge on any atom is 0.264 e. The average molecular weight is 637 g/mol. The zero-order valence-electron chi connectivity index (χ0n) is 22.6. The Balaban J connectivity index is 1.71. The summed E-state index contributed by atoms with van der Waals surface area (Å²) in [5, 5.41) is 4.33. The number of carbonyl (C=O) groups excluding carboxylic acids is 2. The Morgan fingerprint density at radius 2 is 1.51 bits per heavy atom. The predicted octanol–water partition coefficient (Wildman–Crippen LogP) is 6.71. The number of benzene rings is 3. The van der Waals surface area contributed by atoms with Crippen LogP contribution in [0.3, 0.4) is 0 Å². The van der Waals surface area contributed by atoms with Gasteiger partial charge in [-0.2, -0.15) is 0 Å². The van der Waals surface area contributed by atoms with Crippen molar-refractivity contribution in [3.8, 4) is 0 Å². The minimum atomic E-state index is -4.22. The van der Waals surface area contributed by atoms with E-state index in [0.717, 1.165) is 35.6 Å².